The Kier molecular flexibility index (Phi) is 5.81. The number of hydrogen-bond donors (Lipinski definition) is 3. The predicted molar refractivity (Wildman–Crippen MR) is 89.8 cm³/mol. The minimum absolute atomic E-state index is 0.256. The van der Waals surface area contributed by atoms with Gasteiger partial charge >= 0.3 is 5.97 Å². The standard InChI is InChI=1S/C17H14ClNO5/c18-12-3-5-13(6-4-12)19-16(22)10-24-17(23)8-2-11-1-7-14(20)15(21)9-11/h1-9,20-21H,10H2,(H,19,22)/b8-2+. The summed E-state index contributed by atoms with van der Waals surface area (Å²) in [7, 11) is 0. The van der Waals surface area contributed by atoms with E-state index in [1.54, 1.807) is 24.3 Å². The summed E-state index contributed by atoms with van der Waals surface area (Å²) in [6.07, 6.45) is 2.50. The molecule has 0 fully saturated rings. The van der Waals surface area contributed by atoms with Crippen molar-refractivity contribution < 1.29 is 24.5 Å². The van der Waals surface area contributed by atoms with Gasteiger partial charge < -0.3 is 20.3 Å². The van der Waals surface area contributed by atoms with Gasteiger partial charge in [0.25, 0.3) is 5.91 Å². The van der Waals surface area contributed by atoms with Crippen molar-refractivity contribution in [2.75, 3.05) is 11.9 Å². The molecule has 0 saturated carbocycles. The molecule has 0 heterocycles. The van der Waals surface area contributed by atoms with Gasteiger partial charge in [0, 0.05) is 16.8 Å². The zero-order chi connectivity index (χ0) is 17.5. The van der Waals surface area contributed by atoms with Crippen LogP contribution in [-0.4, -0.2) is 28.7 Å². The summed E-state index contributed by atoms with van der Waals surface area (Å²) in [4.78, 5) is 23.2. The maximum Gasteiger partial charge on any atom is 0.331 e. The molecule has 0 aromatic heterocycles. The number of carbonyl (C=O) groups is 2. The molecular weight excluding hydrogens is 334 g/mol. The molecule has 124 valence electrons. The Balaban J connectivity index is 1.81. The number of aromatic hydroxyl groups is 2. The van der Waals surface area contributed by atoms with E-state index in [9.17, 15) is 19.8 Å². The van der Waals surface area contributed by atoms with Crippen LogP contribution in [0.4, 0.5) is 5.69 Å². The Morgan fingerprint density at radius 1 is 1.08 bits per heavy atom. The lowest BCUT2D eigenvalue weighted by atomic mass is 10.2. The zero-order valence-corrected chi connectivity index (χ0v) is 13.2. The molecule has 0 spiro atoms. The van der Waals surface area contributed by atoms with E-state index in [4.69, 9.17) is 16.3 Å². The smallest absolute Gasteiger partial charge is 0.331 e. The van der Waals surface area contributed by atoms with Crippen molar-refractivity contribution in [1.82, 2.24) is 0 Å². The second-order valence-corrected chi connectivity index (χ2v) is 5.18. The van der Waals surface area contributed by atoms with Crippen LogP contribution in [0.15, 0.2) is 48.5 Å². The van der Waals surface area contributed by atoms with E-state index in [1.807, 2.05) is 0 Å². The summed E-state index contributed by atoms with van der Waals surface area (Å²) >= 11 is 5.74. The lowest BCUT2D eigenvalue weighted by Gasteiger charge is -2.05. The van der Waals surface area contributed by atoms with Gasteiger partial charge in [-0.1, -0.05) is 17.7 Å². The lowest BCUT2D eigenvalue weighted by Crippen LogP contribution is -2.20. The Morgan fingerprint density at radius 3 is 2.46 bits per heavy atom. The maximum atomic E-state index is 11.7. The highest BCUT2D eigenvalue weighted by Gasteiger charge is 2.06. The largest absolute Gasteiger partial charge is 0.504 e. The summed E-state index contributed by atoms with van der Waals surface area (Å²) in [6.45, 7) is -0.438. The highest BCUT2D eigenvalue weighted by atomic mass is 35.5. The van der Waals surface area contributed by atoms with Crippen LogP contribution in [0, 0.1) is 0 Å². The maximum absolute atomic E-state index is 11.7. The molecule has 0 radical (unpaired) electrons. The van der Waals surface area contributed by atoms with E-state index in [2.05, 4.69) is 5.32 Å². The van der Waals surface area contributed by atoms with E-state index in [0.717, 1.165) is 6.08 Å². The predicted octanol–water partition coefficient (Wildman–Crippen LogP) is 2.95. The Hall–Kier alpha value is -2.99. The monoisotopic (exact) mass is 347 g/mol. The van der Waals surface area contributed by atoms with Crippen molar-refractivity contribution in [3.8, 4) is 11.5 Å². The van der Waals surface area contributed by atoms with Gasteiger partial charge in [0.15, 0.2) is 18.1 Å². The van der Waals surface area contributed by atoms with Crippen LogP contribution in [-0.2, 0) is 14.3 Å². The van der Waals surface area contributed by atoms with Gasteiger partial charge in [-0.15, -0.1) is 0 Å². The van der Waals surface area contributed by atoms with Gasteiger partial charge in [0.1, 0.15) is 0 Å². The van der Waals surface area contributed by atoms with Gasteiger partial charge in [0.2, 0.25) is 0 Å². The van der Waals surface area contributed by atoms with Crippen LogP contribution in [0.2, 0.25) is 5.02 Å². The summed E-state index contributed by atoms with van der Waals surface area (Å²) in [6, 6.07) is 10.6. The Morgan fingerprint density at radius 2 is 1.79 bits per heavy atom. The average molecular weight is 348 g/mol. The molecule has 0 bridgehead atoms. The van der Waals surface area contributed by atoms with E-state index >= 15 is 0 Å². The zero-order valence-electron chi connectivity index (χ0n) is 12.4. The number of phenolic OH excluding ortho intramolecular Hbond substituents is 2. The highest BCUT2D eigenvalue weighted by Crippen LogP contribution is 2.25. The fourth-order valence-electron chi connectivity index (χ4n) is 1.72. The second kappa shape index (κ2) is 8.03. The minimum atomic E-state index is -0.714. The molecule has 0 aliphatic carbocycles. The quantitative estimate of drug-likeness (QED) is 0.439. The first-order chi connectivity index (χ1) is 11.4. The van der Waals surface area contributed by atoms with Gasteiger partial charge in [0.05, 0.1) is 0 Å². The number of nitrogens with one attached hydrogen (secondary N) is 1. The third-order valence-electron chi connectivity index (χ3n) is 2.88. The number of ether oxygens (including phenoxy) is 1. The Bertz CT molecular complexity index is 771. The fraction of sp³-hybridized carbons (Fsp3) is 0.0588. The minimum Gasteiger partial charge on any atom is -0.504 e. The number of benzene rings is 2. The third kappa shape index (κ3) is 5.33. The SMILES string of the molecule is O=C(COC(=O)/C=C/c1ccc(O)c(O)c1)Nc1ccc(Cl)cc1. The van der Waals surface area contributed by atoms with E-state index in [0.29, 0.717) is 16.3 Å². The third-order valence-corrected chi connectivity index (χ3v) is 3.14. The lowest BCUT2D eigenvalue weighted by molar-refractivity contribution is -0.142. The van der Waals surface area contributed by atoms with Crippen molar-refractivity contribution in [3.05, 3.63) is 59.1 Å². The summed E-state index contributed by atoms with van der Waals surface area (Å²) in [5, 5.41) is 21.6. The molecule has 0 unspecified atom stereocenters. The number of carbonyl (C=O) groups excluding carboxylic acids is 2. The number of rotatable bonds is 5. The molecule has 0 aliphatic rings. The average Bonchev–Trinajstić information content (AvgIpc) is 2.56. The highest BCUT2D eigenvalue weighted by molar-refractivity contribution is 6.30. The number of phenols is 2. The second-order valence-electron chi connectivity index (χ2n) is 4.74. The van der Waals surface area contributed by atoms with Crippen LogP contribution in [0.25, 0.3) is 6.08 Å². The molecule has 0 saturated heterocycles. The first-order valence-corrected chi connectivity index (χ1v) is 7.24. The number of anilines is 1. The number of esters is 1. The molecule has 3 N–H and O–H groups in total. The molecule has 0 aliphatic heterocycles. The van der Waals surface area contributed by atoms with Crippen molar-refractivity contribution in [2.24, 2.45) is 0 Å². The molecule has 2 aromatic carbocycles. The molecule has 1 amide bonds. The number of amides is 1. The summed E-state index contributed by atoms with van der Waals surface area (Å²) in [5.74, 6) is -1.75. The van der Waals surface area contributed by atoms with Crippen LogP contribution < -0.4 is 5.32 Å². The van der Waals surface area contributed by atoms with Gasteiger partial charge in [-0.25, -0.2) is 4.79 Å². The first kappa shape index (κ1) is 17.4. The molecule has 0 atom stereocenters. The summed E-state index contributed by atoms with van der Waals surface area (Å²) < 4.78 is 4.80. The molecule has 2 rings (SSSR count). The van der Waals surface area contributed by atoms with Gasteiger partial charge in [-0.3, -0.25) is 4.79 Å². The normalized spacial score (nSPS) is 10.5. The van der Waals surface area contributed by atoms with Crippen molar-refractivity contribution in [3.63, 3.8) is 0 Å². The molecular formula is C17H14ClNO5. The number of halogens is 1. The van der Waals surface area contributed by atoms with E-state index in [1.165, 1.54) is 24.3 Å². The molecule has 6 nitrogen and oxygen atoms in total. The van der Waals surface area contributed by atoms with Crippen molar-refractivity contribution in [2.45, 2.75) is 0 Å². The summed E-state index contributed by atoms with van der Waals surface area (Å²) in [5.41, 5.74) is 1.03. The van der Waals surface area contributed by atoms with Crippen LogP contribution in [0.5, 0.6) is 11.5 Å². The number of hydrogen-bond acceptors (Lipinski definition) is 5. The molecule has 24 heavy (non-hydrogen) atoms. The van der Waals surface area contributed by atoms with Crippen molar-refractivity contribution in [1.29, 1.82) is 0 Å². The van der Waals surface area contributed by atoms with Crippen LogP contribution in [0.3, 0.4) is 0 Å². The topological polar surface area (TPSA) is 95.9 Å². The fourth-order valence-corrected chi connectivity index (χ4v) is 1.85. The molecule has 2 aromatic rings. The van der Waals surface area contributed by atoms with E-state index < -0.39 is 18.5 Å². The van der Waals surface area contributed by atoms with Crippen LogP contribution in [0.1, 0.15) is 5.56 Å². The van der Waals surface area contributed by atoms with Gasteiger partial charge in [-0.2, -0.15) is 0 Å². The van der Waals surface area contributed by atoms with Crippen molar-refractivity contribution >= 4 is 35.2 Å². The Labute approximate surface area is 143 Å². The first-order valence-electron chi connectivity index (χ1n) is 6.86. The van der Waals surface area contributed by atoms with Crippen LogP contribution >= 0.6 is 11.6 Å². The molecule has 7 heteroatoms. The van der Waals surface area contributed by atoms with E-state index in [-0.39, 0.29) is 11.5 Å². The van der Waals surface area contributed by atoms with Gasteiger partial charge in [-0.05, 0) is 48.0 Å².